The highest BCUT2D eigenvalue weighted by atomic mass is 35.5. The van der Waals surface area contributed by atoms with Crippen molar-refractivity contribution in [3.05, 3.63) is 111 Å². The molecule has 0 atom stereocenters. The molecule has 0 fully saturated rings. The normalized spacial score (nSPS) is 11.6. The van der Waals surface area contributed by atoms with Crippen molar-refractivity contribution < 1.29 is 9.59 Å². The summed E-state index contributed by atoms with van der Waals surface area (Å²) in [5.41, 5.74) is 3.54. The Morgan fingerprint density at radius 2 is 1.70 bits per heavy atom. The summed E-state index contributed by atoms with van der Waals surface area (Å²) in [5.74, 6) is -0.649. The van der Waals surface area contributed by atoms with E-state index in [9.17, 15) is 14.9 Å². The Morgan fingerprint density at radius 1 is 0.970 bits per heavy atom. The topological polar surface area (TPSA) is 70.8 Å². The number of ketones is 2. The molecular weight excluding hydrogens is 452 g/mol. The first kappa shape index (κ1) is 21.1. The van der Waals surface area contributed by atoms with E-state index in [0.717, 1.165) is 10.5 Å². The van der Waals surface area contributed by atoms with E-state index in [1.807, 2.05) is 31.2 Å². The van der Waals surface area contributed by atoms with E-state index >= 15 is 0 Å². The van der Waals surface area contributed by atoms with Crippen LogP contribution in [-0.2, 0) is 0 Å². The average molecular weight is 467 g/mol. The number of aromatic nitrogens is 1. The summed E-state index contributed by atoms with van der Waals surface area (Å²) >= 11 is 7.38. The minimum atomic E-state index is -0.357. The van der Waals surface area contributed by atoms with Gasteiger partial charge in [0.05, 0.1) is 11.1 Å². The van der Waals surface area contributed by atoms with Gasteiger partial charge in [-0.15, -0.1) is 0 Å². The summed E-state index contributed by atoms with van der Waals surface area (Å²) in [5, 5.41) is 11.0. The van der Waals surface area contributed by atoms with Gasteiger partial charge in [-0.05, 0) is 30.7 Å². The molecule has 4 aromatic rings. The zero-order valence-electron chi connectivity index (χ0n) is 17.4. The van der Waals surface area contributed by atoms with Crippen molar-refractivity contribution in [3.63, 3.8) is 0 Å². The van der Waals surface area contributed by atoms with E-state index in [-0.39, 0.29) is 28.4 Å². The molecule has 3 aromatic carbocycles. The molecule has 0 saturated heterocycles. The molecule has 0 N–H and O–H groups in total. The molecule has 1 aliphatic carbocycles. The molecular formula is C27H15ClN2O2S. The van der Waals surface area contributed by atoms with Crippen LogP contribution in [-0.4, -0.2) is 16.6 Å². The molecule has 1 heterocycles. The van der Waals surface area contributed by atoms with Crippen LogP contribution < -0.4 is 0 Å². The van der Waals surface area contributed by atoms with E-state index in [1.54, 1.807) is 48.5 Å². The van der Waals surface area contributed by atoms with Crippen LogP contribution >= 0.6 is 23.4 Å². The maximum atomic E-state index is 13.5. The van der Waals surface area contributed by atoms with Gasteiger partial charge in [0, 0.05) is 26.6 Å². The molecule has 1 aromatic heterocycles. The van der Waals surface area contributed by atoms with Crippen LogP contribution in [0.2, 0.25) is 5.02 Å². The maximum Gasteiger partial charge on any atom is 0.212 e. The highest BCUT2D eigenvalue weighted by Crippen LogP contribution is 2.44. The number of hydrogen-bond donors (Lipinski definition) is 0. The second-order valence-electron chi connectivity index (χ2n) is 7.63. The van der Waals surface area contributed by atoms with Gasteiger partial charge in [-0.3, -0.25) is 9.59 Å². The van der Waals surface area contributed by atoms with Crippen LogP contribution in [0.4, 0.5) is 0 Å². The highest BCUT2D eigenvalue weighted by molar-refractivity contribution is 7.99. The average Bonchev–Trinajstić information content (AvgIpc) is 3.11. The van der Waals surface area contributed by atoms with Crippen LogP contribution in [0.15, 0.2) is 82.7 Å². The Kier molecular flexibility index (Phi) is 5.33. The smallest absolute Gasteiger partial charge is 0.212 e. The van der Waals surface area contributed by atoms with Crippen molar-refractivity contribution in [3.8, 4) is 17.2 Å². The van der Waals surface area contributed by atoms with Gasteiger partial charge in [0.1, 0.15) is 16.8 Å². The molecule has 0 saturated carbocycles. The van der Waals surface area contributed by atoms with Gasteiger partial charge in [0.2, 0.25) is 5.78 Å². The number of aryl methyl sites for hydroxylation is 1. The summed E-state index contributed by atoms with van der Waals surface area (Å²) in [6.07, 6.45) is 0. The van der Waals surface area contributed by atoms with Crippen molar-refractivity contribution in [2.24, 2.45) is 0 Å². The fraction of sp³-hybridized carbons (Fsp3) is 0.0370. The van der Waals surface area contributed by atoms with Crippen molar-refractivity contribution in [1.29, 1.82) is 5.26 Å². The minimum Gasteiger partial charge on any atom is -0.288 e. The van der Waals surface area contributed by atoms with Gasteiger partial charge >= 0.3 is 0 Å². The van der Waals surface area contributed by atoms with Crippen LogP contribution in [0.3, 0.4) is 0 Å². The summed E-state index contributed by atoms with van der Waals surface area (Å²) in [6.45, 7) is 1.94. The third kappa shape index (κ3) is 3.64. The lowest BCUT2D eigenvalue weighted by atomic mass is 9.96. The van der Waals surface area contributed by atoms with Crippen molar-refractivity contribution >= 4 is 34.9 Å². The largest absolute Gasteiger partial charge is 0.288 e. The minimum absolute atomic E-state index is 0.0542. The quantitative estimate of drug-likeness (QED) is 0.282. The molecule has 5 rings (SSSR count). The third-order valence-corrected chi connectivity index (χ3v) is 6.70. The Labute approximate surface area is 199 Å². The van der Waals surface area contributed by atoms with Crippen molar-refractivity contribution in [1.82, 2.24) is 4.98 Å². The summed E-state index contributed by atoms with van der Waals surface area (Å²) in [4.78, 5) is 32.3. The highest BCUT2D eigenvalue weighted by Gasteiger charge is 2.36. The Bertz CT molecular complexity index is 1500. The van der Waals surface area contributed by atoms with Gasteiger partial charge in [0.25, 0.3) is 0 Å². The van der Waals surface area contributed by atoms with Gasteiger partial charge in [-0.1, -0.05) is 83.5 Å². The van der Waals surface area contributed by atoms with Gasteiger partial charge < -0.3 is 0 Å². The number of halogens is 1. The predicted octanol–water partition coefficient (Wildman–Crippen LogP) is 6.51. The number of pyridine rings is 1. The fourth-order valence-corrected chi connectivity index (χ4v) is 5.11. The molecule has 4 nitrogen and oxygen atoms in total. The first-order valence-electron chi connectivity index (χ1n) is 10.1. The second kappa shape index (κ2) is 8.32. The van der Waals surface area contributed by atoms with E-state index < -0.39 is 0 Å². The van der Waals surface area contributed by atoms with Crippen LogP contribution in [0.1, 0.15) is 43.1 Å². The Balaban J connectivity index is 1.78. The van der Waals surface area contributed by atoms with E-state index in [4.69, 9.17) is 11.6 Å². The molecule has 0 aliphatic heterocycles. The van der Waals surface area contributed by atoms with E-state index in [2.05, 4.69) is 11.1 Å². The molecule has 0 amide bonds. The summed E-state index contributed by atoms with van der Waals surface area (Å²) in [6, 6.07) is 23.6. The monoisotopic (exact) mass is 466 g/mol. The molecule has 0 spiro atoms. The number of carbonyl (C=O) groups excluding carboxylic acids is 2. The summed E-state index contributed by atoms with van der Waals surface area (Å²) in [7, 11) is 0. The van der Waals surface area contributed by atoms with Crippen LogP contribution in [0.25, 0.3) is 11.1 Å². The molecule has 6 heteroatoms. The second-order valence-corrected chi connectivity index (χ2v) is 9.13. The number of nitrogens with zero attached hydrogens (tertiary/aromatic N) is 2. The van der Waals surface area contributed by atoms with Gasteiger partial charge in [-0.25, -0.2) is 4.98 Å². The molecule has 0 radical (unpaired) electrons. The molecule has 1 aliphatic rings. The standard InChI is InChI=1S/C27H15ClN2O2S/c1-15-9-11-16(12-10-15)25(31)24-23-22(19-7-2-3-8-20(19)26(23)32)21(14-29)27(30-24)33-18-6-4-5-17(28)13-18/h2-13H,1H3. The number of nitriles is 1. The Morgan fingerprint density at radius 3 is 2.39 bits per heavy atom. The molecule has 158 valence electrons. The number of benzene rings is 3. The molecule has 0 bridgehead atoms. The first-order valence-corrected chi connectivity index (χ1v) is 11.3. The number of rotatable bonds is 4. The number of hydrogen-bond acceptors (Lipinski definition) is 5. The van der Waals surface area contributed by atoms with Gasteiger partial charge in [0.15, 0.2) is 5.78 Å². The fourth-order valence-electron chi connectivity index (χ4n) is 3.91. The van der Waals surface area contributed by atoms with E-state index in [1.165, 1.54) is 11.8 Å². The van der Waals surface area contributed by atoms with E-state index in [0.29, 0.717) is 32.3 Å². The first-order chi connectivity index (χ1) is 16.0. The number of carbonyl (C=O) groups is 2. The SMILES string of the molecule is Cc1ccc(C(=O)c2nc(Sc3cccc(Cl)c3)c(C#N)c3c2C(=O)c2ccccc2-3)cc1. The lowest BCUT2D eigenvalue weighted by molar-refractivity contribution is 0.100. The lowest BCUT2D eigenvalue weighted by Crippen LogP contribution is -2.13. The van der Waals surface area contributed by atoms with Crippen molar-refractivity contribution in [2.45, 2.75) is 16.8 Å². The Hall–Kier alpha value is -3.72. The van der Waals surface area contributed by atoms with Gasteiger partial charge in [-0.2, -0.15) is 5.26 Å². The lowest BCUT2D eigenvalue weighted by Gasteiger charge is -2.13. The zero-order valence-corrected chi connectivity index (χ0v) is 19.0. The maximum absolute atomic E-state index is 13.5. The molecule has 33 heavy (non-hydrogen) atoms. The third-order valence-electron chi connectivity index (χ3n) is 5.48. The van der Waals surface area contributed by atoms with Crippen molar-refractivity contribution in [2.75, 3.05) is 0 Å². The van der Waals surface area contributed by atoms with Crippen LogP contribution in [0.5, 0.6) is 0 Å². The predicted molar refractivity (Wildman–Crippen MR) is 128 cm³/mol. The molecule has 0 unspecified atom stereocenters. The summed E-state index contributed by atoms with van der Waals surface area (Å²) < 4.78 is 0. The number of fused-ring (bicyclic) bond motifs is 3. The van der Waals surface area contributed by atoms with Crippen LogP contribution in [0, 0.1) is 18.3 Å². The zero-order chi connectivity index (χ0) is 23.1.